The molecule has 0 spiro atoms. The molecule has 0 atom stereocenters. The summed E-state index contributed by atoms with van der Waals surface area (Å²) in [6.07, 6.45) is 0. The second-order valence-corrected chi connectivity index (χ2v) is 7.15. The monoisotopic (exact) mass is 358 g/mol. The first-order chi connectivity index (χ1) is 11.9. The van der Waals surface area contributed by atoms with Gasteiger partial charge in [0, 0.05) is 28.9 Å². The first-order valence-corrected chi connectivity index (χ1v) is 9.26. The van der Waals surface area contributed by atoms with Crippen LogP contribution in [0.5, 0.6) is 5.75 Å². The molecule has 0 radical (unpaired) electrons. The Morgan fingerprint density at radius 2 is 1.96 bits per heavy atom. The van der Waals surface area contributed by atoms with Crippen molar-refractivity contribution in [3.8, 4) is 17.0 Å². The van der Waals surface area contributed by atoms with Gasteiger partial charge in [0.05, 0.1) is 16.3 Å². The van der Waals surface area contributed by atoms with Gasteiger partial charge >= 0.3 is 5.63 Å². The number of rotatable bonds is 5. The topological polar surface area (TPSA) is 66.6 Å². The van der Waals surface area contributed by atoms with E-state index in [-0.39, 0.29) is 5.75 Å². The molecule has 6 heteroatoms. The SMILES string of the molecule is CCN(CC)Cc1c(O)c(-c2csc(C)n2)cc2c(C)cc(=O)oc12. The third kappa shape index (κ3) is 3.32. The highest BCUT2D eigenvalue weighted by molar-refractivity contribution is 7.09. The lowest BCUT2D eigenvalue weighted by Gasteiger charge is -2.20. The zero-order valence-corrected chi connectivity index (χ0v) is 15.7. The van der Waals surface area contributed by atoms with E-state index in [1.807, 2.05) is 25.3 Å². The highest BCUT2D eigenvalue weighted by atomic mass is 32.1. The van der Waals surface area contributed by atoms with Gasteiger partial charge in [0.15, 0.2) is 0 Å². The Labute approximate surface area is 150 Å². The molecule has 0 amide bonds. The van der Waals surface area contributed by atoms with Crippen molar-refractivity contribution in [2.24, 2.45) is 0 Å². The quantitative estimate of drug-likeness (QED) is 0.696. The van der Waals surface area contributed by atoms with Crippen molar-refractivity contribution in [2.45, 2.75) is 34.2 Å². The van der Waals surface area contributed by atoms with Crippen LogP contribution in [0.1, 0.15) is 30.0 Å². The Morgan fingerprint density at radius 1 is 1.24 bits per heavy atom. The Hall–Kier alpha value is -2.18. The third-order valence-electron chi connectivity index (χ3n) is 4.48. The van der Waals surface area contributed by atoms with Gasteiger partial charge < -0.3 is 9.52 Å². The number of aromatic hydroxyl groups is 1. The fourth-order valence-corrected chi connectivity index (χ4v) is 3.62. The fourth-order valence-electron chi connectivity index (χ4n) is 3.00. The number of fused-ring (bicyclic) bond motifs is 1. The molecule has 0 bridgehead atoms. The Kier molecular flexibility index (Phi) is 4.92. The molecule has 0 aliphatic rings. The molecule has 0 unspecified atom stereocenters. The lowest BCUT2D eigenvalue weighted by molar-refractivity contribution is 0.290. The predicted molar refractivity (Wildman–Crippen MR) is 101 cm³/mol. The average Bonchev–Trinajstić information content (AvgIpc) is 3.00. The molecule has 0 saturated carbocycles. The molecule has 1 aromatic carbocycles. The van der Waals surface area contributed by atoms with E-state index in [2.05, 4.69) is 23.7 Å². The number of hydrogen-bond acceptors (Lipinski definition) is 6. The van der Waals surface area contributed by atoms with Gasteiger partial charge in [-0.2, -0.15) is 0 Å². The van der Waals surface area contributed by atoms with Gasteiger partial charge in [-0.25, -0.2) is 9.78 Å². The first kappa shape index (κ1) is 17.6. The minimum absolute atomic E-state index is 0.137. The lowest BCUT2D eigenvalue weighted by atomic mass is 9.99. The van der Waals surface area contributed by atoms with E-state index in [1.165, 1.54) is 6.07 Å². The highest BCUT2D eigenvalue weighted by Gasteiger charge is 2.20. The van der Waals surface area contributed by atoms with E-state index in [9.17, 15) is 9.90 Å². The van der Waals surface area contributed by atoms with Crippen molar-refractivity contribution in [3.05, 3.63) is 44.1 Å². The fraction of sp³-hybridized carbons (Fsp3) is 0.368. The van der Waals surface area contributed by atoms with Crippen molar-refractivity contribution in [3.63, 3.8) is 0 Å². The summed E-state index contributed by atoms with van der Waals surface area (Å²) in [5.74, 6) is 0.137. The summed E-state index contributed by atoms with van der Waals surface area (Å²) in [5.41, 5.74) is 2.96. The first-order valence-electron chi connectivity index (χ1n) is 8.38. The van der Waals surface area contributed by atoms with E-state index < -0.39 is 5.63 Å². The van der Waals surface area contributed by atoms with E-state index in [1.54, 1.807) is 11.3 Å². The molecular formula is C19H22N2O3S. The maximum absolute atomic E-state index is 11.9. The van der Waals surface area contributed by atoms with Crippen LogP contribution in [0.25, 0.3) is 22.2 Å². The largest absolute Gasteiger partial charge is 0.507 e. The second-order valence-electron chi connectivity index (χ2n) is 6.09. The molecule has 0 fully saturated rings. The summed E-state index contributed by atoms with van der Waals surface area (Å²) in [6.45, 7) is 10.1. The van der Waals surface area contributed by atoms with Crippen LogP contribution in [0.4, 0.5) is 0 Å². The molecular weight excluding hydrogens is 336 g/mol. The number of benzene rings is 1. The summed E-state index contributed by atoms with van der Waals surface area (Å²) in [7, 11) is 0. The molecule has 2 aromatic heterocycles. The van der Waals surface area contributed by atoms with Gasteiger partial charge in [-0.15, -0.1) is 11.3 Å². The van der Waals surface area contributed by atoms with Crippen LogP contribution in [0, 0.1) is 13.8 Å². The number of aromatic nitrogens is 1. The number of thiazole rings is 1. The highest BCUT2D eigenvalue weighted by Crippen LogP contribution is 2.39. The minimum Gasteiger partial charge on any atom is -0.507 e. The van der Waals surface area contributed by atoms with Gasteiger partial charge in [-0.05, 0) is 38.6 Å². The lowest BCUT2D eigenvalue weighted by Crippen LogP contribution is -2.22. The summed E-state index contributed by atoms with van der Waals surface area (Å²) >= 11 is 1.54. The molecule has 3 aromatic rings. The summed E-state index contributed by atoms with van der Waals surface area (Å²) in [6, 6.07) is 3.35. The number of phenols is 1. The van der Waals surface area contributed by atoms with Crippen molar-refractivity contribution in [1.82, 2.24) is 9.88 Å². The van der Waals surface area contributed by atoms with E-state index in [4.69, 9.17) is 4.42 Å². The number of nitrogens with zero attached hydrogens (tertiary/aromatic N) is 2. The van der Waals surface area contributed by atoms with Crippen LogP contribution >= 0.6 is 11.3 Å². The van der Waals surface area contributed by atoms with Gasteiger partial charge in [0.2, 0.25) is 0 Å². The van der Waals surface area contributed by atoms with Crippen molar-refractivity contribution in [2.75, 3.05) is 13.1 Å². The number of hydrogen-bond donors (Lipinski definition) is 1. The van der Waals surface area contributed by atoms with Crippen LogP contribution in [0.15, 0.2) is 26.7 Å². The Balaban J connectivity index is 2.32. The smallest absolute Gasteiger partial charge is 0.336 e. The summed E-state index contributed by atoms with van der Waals surface area (Å²) in [4.78, 5) is 18.6. The molecule has 0 aliphatic heterocycles. The van der Waals surface area contributed by atoms with Gasteiger partial charge in [-0.1, -0.05) is 13.8 Å². The maximum atomic E-state index is 11.9. The molecule has 0 saturated heterocycles. The zero-order valence-electron chi connectivity index (χ0n) is 14.9. The maximum Gasteiger partial charge on any atom is 0.336 e. The minimum atomic E-state index is -0.401. The molecule has 0 aliphatic carbocycles. The average molecular weight is 358 g/mol. The molecule has 25 heavy (non-hydrogen) atoms. The van der Waals surface area contributed by atoms with Gasteiger partial charge in [-0.3, -0.25) is 4.90 Å². The number of aryl methyl sites for hydroxylation is 2. The normalized spacial score (nSPS) is 11.6. The van der Waals surface area contributed by atoms with Crippen LogP contribution in [-0.2, 0) is 6.54 Å². The molecule has 5 nitrogen and oxygen atoms in total. The predicted octanol–water partition coefficient (Wildman–Crippen LogP) is 4.08. The molecule has 1 N–H and O–H groups in total. The van der Waals surface area contributed by atoms with Crippen molar-refractivity contribution < 1.29 is 9.52 Å². The van der Waals surface area contributed by atoms with Crippen molar-refractivity contribution >= 4 is 22.3 Å². The van der Waals surface area contributed by atoms with E-state index in [0.717, 1.165) is 34.7 Å². The Morgan fingerprint density at radius 3 is 2.56 bits per heavy atom. The number of phenolic OH excluding ortho intramolecular Hbond substituents is 1. The van der Waals surface area contributed by atoms with Crippen LogP contribution in [0.2, 0.25) is 0 Å². The van der Waals surface area contributed by atoms with Crippen LogP contribution < -0.4 is 5.63 Å². The van der Waals surface area contributed by atoms with E-state index in [0.29, 0.717) is 23.3 Å². The summed E-state index contributed by atoms with van der Waals surface area (Å²) < 4.78 is 5.48. The zero-order chi connectivity index (χ0) is 18.1. The van der Waals surface area contributed by atoms with Crippen molar-refractivity contribution in [1.29, 1.82) is 0 Å². The third-order valence-corrected chi connectivity index (χ3v) is 5.25. The van der Waals surface area contributed by atoms with Crippen LogP contribution in [0.3, 0.4) is 0 Å². The second kappa shape index (κ2) is 6.98. The van der Waals surface area contributed by atoms with Crippen LogP contribution in [-0.4, -0.2) is 28.1 Å². The molecule has 132 valence electrons. The molecule has 3 rings (SSSR count). The van der Waals surface area contributed by atoms with Gasteiger partial charge in [0.25, 0.3) is 0 Å². The Bertz CT molecular complexity index is 971. The summed E-state index contributed by atoms with van der Waals surface area (Å²) in [5, 5.41) is 14.7. The molecule has 2 heterocycles. The van der Waals surface area contributed by atoms with E-state index >= 15 is 0 Å². The van der Waals surface area contributed by atoms with Gasteiger partial charge in [0.1, 0.15) is 11.3 Å². The standard InChI is InChI=1S/C19H22N2O3S/c1-5-21(6-2)9-15-18(23)14(16-10-25-12(4)20-16)8-13-11(3)7-17(22)24-19(13)15/h7-8,10,23H,5-6,9H2,1-4H3.